The summed E-state index contributed by atoms with van der Waals surface area (Å²) in [6, 6.07) is 12.1. The molecule has 1 saturated heterocycles. The first-order valence-electron chi connectivity index (χ1n) is 10.5. The number of nitriles is 1. The summed E-state index contributed by atoms with van der Waals surface area (Å²) in [7, 11) is 1.62. The molecule has 2 aliphatic rings. The molecule has 1 atom stereocenters. The Bertz CT molecular complexity index is 1040. The zero-order valence-corrected chi connectivity index (χ0v) is 17.4. The van der Waals surface area contributed by atoms with Crippen LogP contribution in [0.5, 0.6) is 0 Å². The second-order valence-corrected chi connectivity index (χ2v) is 7.93. The van der Waals surface area contributed by atoms with Crippen LogP contribution in [0.4, 0.5) is 5.69 Å². The molecule has 2 amide bonds. The summed E-state index contributed by atoms with van der Waals surface area (Å²) in [5.41, 5.74) is 5.81. The monoisotopic (exact) mass is 402 g/mol. The van der Waals surface area contributed by atoms with Crippen LogP contribution in [0.3, 0.4) is 0 Å². The number of hydrogen-bond acceptors (Lipinski definition) is 4. The maximum absolute atomic E-state index is 13.3. The number of rotatable bonds is 4. The lowest BCUT2D eigenvalue weighted by Gasteiger charge is -2.22. The van der Waals surface area contributed by atoms with Gasteiger partial charge in [0.25, 0.3) is 5.91 Å². The Morgan fingerprint density at radius 1 is 1.23 bits per heavy atom. The van der Waals surface area contributed by atoms with Crippen LogP contribution in [0.25, 0.3) is 11.1 Å². The summed E-state index contributed by atoms with van der Waals surface area (Å²) >= 11 is 0. The lowest BCUT2D eigenvalue weighted by atomic mass is 9.93. The van der Waals surface area contributed by atoms with Gasteiger partial charge in [-0.25, -0.2) is 0 Å². The van der Waals surface area contributed by atoms with Crippen molar-refractivity contribution < 1.29 is 9.59 Å². The van der Waals surface area contributed by atoms with E-state index in [1.54, 1.807) is 11.9 Å². The molecule has 1 N–H and O–H groups in total. The maximum Gasteiger partial charge on any atom is 0.251 e. The Morgan fingerprint density at radius 3 is 2.77 bits per heavy atom. The average molecular weight is 402 g/mol. The number of benzene rings is 2. The summed E-state index contributed by atoms with van der Waals surface area (Å²) in [6.45, 7) is 3.83. The quantitative estimate of drug-likeness (QED) is 0.798. The SMILES string of the molecule is CCc1cccc(-c2cc(C(=O)NC)cc3c2CCN3C(=O)C2CCN(C#N)C2)c1. The van der Waals surface area contributed by atoms with Gasteiger partial charge in [-0.2, -0.15) is 5.26 Å². The Hall–Kier alpha value is -3.33. The van der Waals surface area contributed by atoms with Crippen LogP contribution in [0.2, 0.25) is 0 Å². The number of aryl methyl sites for hydroxylation is 1. The fourth-order valence-corrected chi connectivity index (χ4v) is 4.50. The molecule has 0 saturated carbocycles. The molecule has 2 aliphatic heterocycles. The van der Waals surface area contributed by atoms with Crippen molar-refractivity contribution in [1.29, 1.82) is 5.26 Å². The Labute approximate surface area is 177 Å². The van der Waals surface area contributed by atoms with Gasteiger partial charge in [0.15, 0.2) is 6.19 Å². The van der Waals surface area contributed by atoms with E-state index in [2.05, 4.69) is 36.6 Å². The minimum Gasteiger partial charge on any atom is -0.355 e. The summed E-state index contributed by atoms with van der Waals surface area (Å²) in [4.78, 5) is 29.2. The van der Waals surface area contributed by atoms with Gasteiger partial charge in [-0.3, -0.25) is 9.59 Å². The fraction of sp³-hybridized carbons (Fsp3) is 0.375. The number of carbonyl (C=O) groups excluding carboxylic acids is 2. The van der Waals surface area contributed by atoms with E-state index in [9.17, 15) is 9.59 Å². The van der Waals surface area contributed by atoms with Crippen molar-refractivity contribution in [3.05, 3.63) is 53.1 Å². The van der Waals surface area contributed by atoms with Gasteiger partial charge in [-0.05, 0) is 53.6 Å². The summed E-state index contributed by atoms with van der Waals surface area (Å²) in [5, 5.41) is 11.8. The Kier molecular flexibility index (Phi) is 5.45. The highest BCUT2D eigenvalue weighted by Gasteiger charge is 2.35. The van der Waals surface area contributed by atoms with Crippen molar-refractivity contribution in [3.8, 4) is 17.3 Å². The Balaban J connectivity index is 1.77. The first-order valence-corrected chi connectivity index (χ1v) is 10.5. The Morgan fingerprint density at radius 2 is 2.07 bits per heavy atom. The number of fused-ring (bicyclic) bond motifs is 1. The van der Waals surface area contributed by atoms with Gasteiger partial charge in [-0.15, -0.1) is 0 Å². The molecule has 0 aliphatic carbocycles. The number of carbonyl (C=O) groups is 2. The largest absolute Gasteiger partial charge is 0.355 e. The molecule has 1 fully saturated rings. The standard InChI is InChI=1S/C24H26N4O2/c1-3-16-5-4-6-17(11-16)21-12-19(23(29)26-2)13-22-20(21)8-10-28(22)24(30)18-7-9-27(14-18)15-25/h4-6,11-13,18H,3,7-10,14H2,1-2H3,(H,26,29). The van der Waals surface area contributed by atoms with Crippen molar-refractivity contribution in [2.75, 3.05) is 31.6 Å². The number of hydrogen-bond donors (Lipinski definition) is 1. The fourth-order valence-electron chi connectivity index (χ4n) is 4.50. The van der Waals surface area contributed by atoms with Crippen LogP contribution in [0.15, 0.2) is 36.4 Å². The number of nitrogens with one attached hydrogen (secondary N) is 1. The van der Waals surface area contributed by atoms with Crippen LogP contribution in [-0.2, 0) is 17.6 Å². The van der Waals surface area contributed by atoms with E-state index in [-0.39, 0.29) is 17.7 Å². The van der Waals surface area contributed by atoms with E-state index in [0.29, 0.717) is 31.6 Å². The highest BCUT2D eigenvalue weighted by atomic mass is 16.2. The van der Waals surface area contributed by atoms with Gasteiger partial charge < -0.3 is 15.1 Å². The third-order valence-electron chi connectivity index (χ3n) is 6.18. The molecule has 0 bridgehead atoms. The van der Waals surface area contributed by atoms with Gasteiger partial charge in [-0.1, -0.05) is 31.2 Å². The van der Waals surface area contributed by atoms with Crippen LogP contribution >= 0.6 is 0 Å². The van der Waals surface area contributed by atoms with Gasteiger partial charge in [0.1, 0.15) is 0 Å². The molecule has 0 aromatic heterocycles. The zero-order valence-electron chi connectivity index (χ0n) is 17.4. The molecule has 30 heavy (non-hydrogen) atoms. The molecule has 2 heterocycles. The van der Waals surface area contributed by atoms with E-state index in [0.717, 1.165) is 35.2 Å². The first-order chi connectivity index (χ1) is 14.5. The van der Waals surface area contributed by atoms with Crippen molar-refractivity contribution in [2.24, 2.45) is 5.92 Å². The van der Waals surface area contributed by atoms with Crippen LogP contribution in [-0.4, -0.2) is 43.4 Å². The van der Waals surface area contributed by atoms with Crippen molar-refractivity contribution in [1.82, 2.24) is 10.2 Å². The highest BCUT2D eigenvalue weighted by Crippen LogP contribution is 2.39. The number of nitrogens with zero attached hydrogens (tertiary/aromatic N) is 3. The van der Waals surface area contributed by atoms with Gasteiger partial charge in [0.05, 0.1) is 5.92 Å². The molecule has 0 radical (unpaired) electrons. The number of amides is 2. The van der Waals surface area contributed by atoms with Crippen LogP contribution in [0.1, 0.15) is 34.8 Å². The molecule has 6 heteroatoms. The summed E-state index contributed by atoms with van der Waals surface area (Å²) in [6.07, 6.45) is 4.53. The third-order valence-corrected chi connectivity index (χ3v) is 6.18. The molecule has 4 rings (SSSR count). The second-order valence-electron chi connectivity index (χ2n) is 7.93. The van der Waals surface area contributed by atoms with Crippen LogP contribution in [0, 0.1) is 17.4 Å². The summed E-state index contributed by atoms with van der Waals surface area (Å²) in [5.74, 6) is -0.290. The van der Waals surface area contributed by atoms with E-state index < -0.39 is 0 Å². The predicted octanol–water partition coefficient (Wildman–Crippen LogP) is 2.97. The molecular weight excluding hydrogens is 376 g/mol. The normalized spacial score (nSPS) is 17.6. The summed E-state index contributed by atoms with van der Waals surface area (Å²) < 4.78 is 0. The van der Waals surface area contributed by atoms with E-state index in [1.807, 2.05) is 23.1 Å². The molecule has 2 aromatic rings. The minimum atomic E-state index is -0.175. The molecule has 0 spiro atoms. The topological polar surface area (TPSA) is 76.4 Å². The zero-order chi connectivity index (χ0) is 21.3. The number of likely N-dealkylation sites (tertiary alicyclic amines) is 1. The molecule has 2 aromatic carbocycles. The average Bonchev–Trinajstić information content (AvgIpc) is 3.44. The van der Waals surface area contributed by atoms with Crippen LogP contribution < -0.4 is 10.2 Å². The smallest absolute Gasteiger partial charge is 0.251 e. The van der Waals surface area contributed by atoms with Crippen molar-refractivity contribution in [3.63, 3.8) is 0 Å². The lowest BCUT2D eigenvalue weighted by molar-refractivity contribution is -0.121. The maximum atomic E-state index is 13.3. The van der Waals surface area contributed by atoms with Gasteiger partial charge >= 0.3 is 0 Å². The predicted molar refractivity (Wildman–Crippen MR) is 116 cm³/mol. The van der Waals surface area contributed by atoms with E-state index in [1.165, 1.54) is 5.56 Å². The molecule has 1 unspecified atom stereocenters. The molecule has 154 valence electrons. The van der Waals surface area contributed by atoms with E-state index >= 15 is 0 Å². The third kappa shape index (κ3) is 3.52. The first kappa shape index (κ1) is 20.0. The van der Waals surface area contributed by atoms with Gasteiger partial charge in [0, 0.05) is 37.9 Å². The minimum absolute atomic E-state index is 0.0498. The van der Waals surface area contributed by atoms with Crippen molar-refractivity contribution >= 4 is 17.5 Å². The molecule has 6 nitrogen and oxygen atoms in total. The van der Waals surface area contributed by atoms with Crippen molar-refractivity contribution in [2.45, 2.75) is 26.2 Å². The van der Waals surface area contributed by atoms with Gasteiger partial charge in [0.2, 0.25) is 5.91 Å². The lowest BCUT2D eigenvalue weighted by Crippen LogP contribution is -2.36. The van der Waals surface area contributed by atoms with E-state index in [4.69, 9.17) is 5.26 Å². The molecular formula is C24H26N4O2. The number of anilines is 1. The second kappa shape index (κ2) is 8.19. The highest BCUT2D eigenvalue weighted by molar-refractivity contribution is 6.03.